The Kier molecular flexibility index (Phi) is 6.29. The van der Waals surface area contributed by atoms with Crippen molar-refractivity contribution in [2.75, 3.05) is 18.1 Å². The van der Waals surface area contributed by atoms with Gasteiger partial charge in [-0.1, -0.05) is 29.3 Å². The van der Waals surface area contributed by atoms with Crippen molar-refractivity contribution in [1.82, 2.24) is 5.32 Å². The van der Waals surface area contributed by atoms with Crippen LogP contribution in [-0.4, -0.2) is 24.6 Å². The van der Waals surface area contributed by atoms with Crippen LogP contribution >= 0.6 is 23.4 Å². The van der Waals surface area contributed by atoms with Gasteiger partial charge in [-0.15, -0.1) is 11.8 Å². The maximum atomic E-state index is 12.2. The summed E-state index contributed by atoms with van der Waals surface area (Å²) in [5, 5.41) is 5.70. The first-order chi connectivity index (χ1) is 11.4. The lowest BCUT2D eigenvalue weighted by molar-refractivity contribution is -0.113. The second kappa shape index (κ2) is 8.22. The molecule has 0 bridgehead atoms. The van der Waals surface area contributed by atoms with Crippen molar-refractivity contribution in [1.29, 1.82) is 0 Å². The number of hydrogen-bond donors (Lipinski definition) is 2. The lowest BCUT2D eigenvalue weighted by atomic mass is 10.2. The van der Waals surface area contributed by atoms with Gasteiger partial charge in [0.05, 0.1) is 16.5 Å². The number of rotatable bonds is 5. The molecule has 2 N–H and O–H groups in total. The molecule has 0 atom stereocenters. The van der Waals surface area contributed by atoms with Crippen molar-refractivity contribution in [2.45, 2.75) is 18.7 Å². The molecule has 0 unspecified atom stereocenters. The number of hydrogen-bond acceptors (Lipinski definition) is 3. The first kappa shape index (κ1) is 18.4. The van der Waals surface area contributed by atoms with E-state index in [-0.39, 0.29) is 17.6 Å². The van der Waals surface area contributed by atoms with Gasteiger partial charge in [0.25, 0.3) is 5.91 Å². The number of thioether (sulfide) groups is 1. The van der Waals surface area contributed by atoms with E-state index in [1.165, 1.54) is 11.8 Å². The van der Waals surface area contributed by atoms with Crippen LogP contribution in [-0.2, 0) is 4.79 Å². The fraction of sp³-hybridized carbons (Fsp3) is 0.222. The predicted octanol–water partition coefficient (Wildman–Crippen LogP) is 4.05. The summed E-state index contributed by atoms with van der Waals surface area (Å²) in [6.07, 6.45) is 0. The van der Waals surface area contributed by atoms with E-state index in [1.54, 1.807) is 25.2 Å². The Bertz CT molecular complexity index is 778. The Morgan fingerprint density at radius 2 is 1.88 bits per heavy atom. The maximum absolute atomic E-state index is 12.2. The molecule has 6 heteroatoms. The number of nitrogens with one attached hydrogen (secondary N) is 2. The molecule has 4 nitrogen and oxygen atoms in total. The first-order valence-corrected chi connectivity index (χ1v) is 8.78. The number of halogens is 1. The van der Waals surface area contributed by atoms with Crippen LogP contribution < -0.4 is 10.6 Å². The third-order valence-corrected chi connectivity index (χ3v) is 4.92. The fourth-order valence-electron chi connectivity index (χ4n) is 2.10. The highest BCUT2D eigenvalue weighted by atomic mass is 35.5. The third kappa shape index (κ3) is 4.76. The first-order valence-electron chi connectivity index (χ1n) is 7.42. The summed E-state index contributed by atoms with van der Waals surface area (Å²) in [4.78, 5) is 24.9. The van der Waals surface area contributed by atoms with E-state index in [0.29, 0.717) is 16.3 Å². The van der Waals surface area contributed by atoms with E-state index in [4.69, 9.17) is 11.6 Å². The van der Waals surface area contributed by atoms with Gasteiger partial charge in [-0.3, -0.25) is 9.59 Å². The molecule has 0 saturated heterocycles. The number of carbonyl (C=O) groups excluding carboxylic acids is 2. The Labute approximate surface area is 151 Å². The van der Waals surface area contributed by atoms with Crippen molar-refractivity contribution in [3.63, 3.8) is 0 Å². The summed E-state index contributed by atoms with van der Waals surface area (Å²) in [5.41, 5.74) is 3.17. The Hall–Kier alpha value is -1.98. The summed E-state index contributed by atoms with van der Waals surface area (Å²) >= 11 is 7.57. The van der Waals surface area contributed by atoms with Crippen LogP contribution in [0, 0.1) is 13.8 Å². The SMILES string of the molecule is CNC(=O)c1ccc(Cl)c(NC(=O)CSc2cc(C)ccc2C)c1. The molecule has 2 aromatic rings. The molecular weight excluding hydrogens is 344 g/mol. The summed E-state index contributed by atoms with van der Waals surface area (Å²) < 4.78 is 0. The molecular formula is C18H19ClN2O2S. The highest BCUT2D eigenvalue weighted by Gasteiger charge is 2.11. The van der Waals surface area contributed by atoms with Gasteiger partial charge in [0, 0.05) is 17.5 Å². The number of aryl methyl sites for hydroxylation is 2. The minimum Gasteiger partial charge on any atom is -0.355 e. The predicted molar refractivity (Wildman–Crippen MR) is 100 cm³/mol. The Morgan fingerprint density at radius 1 is 1.12 bits per heavy atom. The van der Waals surface area contributed by atoms with Gasteiger partial charge >= 0.3 is 0 Å². The topological polar surface area (TPSA) is 58.2 Å². The van der Waals surface area contributed by atoms with E-state index in [2.05, 4.69) is 16.7 Å². The summed E-state index contributed by atoms with van der Waals surface area (Å²) in [7, 11) is 1.55. The molecule has 2 amide bonds. The zero-order valence-corrected chi connectivity index (χ0v) is 15.3. The molecule has 2 rings (SSSR count). The van der Waals surface area contributed by atoms with E-state index >= 15 is 0 Å². The number of carbonyl (C=O) groups is 2. The van der Waals surface area contributed by atoms with Crippen LogP contribution in [0.2, 0.25) is 5.02 Å². The van der Waals surface area contributed by atoms with Gasteiger partial charge in [-0.2, -0.15) is 0 Å². The van der Waals surface area contributed by atoms with Crippen LogP contribution in [0.1, 0.15) is 21.5 Å². The van der Waals surface area contributed by atoms with Gasteiger partial charge in [0.15, 0.2) is 0 Å². The van der Waals surface area contributed by atoms with Gasteiger partial charge in [0.2, 0.25) is 5.91 Å². The van der Waals surface area contributed by atoms with Crippen LogP contribution in [0.15, 0.2) is 41.3 Å². The minimum absolute atomic E-state index is 0.170. The van der Waals surface area contributed by atoms with Gasteiger partial charge in [0.1, 0.15) is 0 Å². The van der Waals surface area contributed by atoms with Crippen molar-refractivity contribution in [2.24, 2.45) is 0 Å². The molecule has 126 valence electrons. The molecule has 0 fully saturated rings. The number of anilines is 1. The Morgan fingerprint density at radius 3 is 2.58 bits per heavy atom. The molecule has 0 aliphatic carbocycles. The second-order valence-electron chi connectivity index (χ2n) is 5.38. The lowest BCUT2D eigenvalue weighted by Crippen LogP contribution is -2.19. The highest BCUT2D eigenvalue weighted by Crippen LogP contribution is 2.26. The molecule has 0 aliphatic heterocycles. The van der Waals surface area contributed by atoms with Crippen molar-refractivity contribution < 1.29 is 9.59 Å². The fourth-order valence-corrected chi connectivity index (χ4v) is 3.19. The van der Waals surface area contributed by atoms with Gasteiger partial charge < -0.3 is 10.6 Å². The van der Waals surface area contributed by atoms with Gasteiger partial charge in [-0.05, 0) is 43.7 Å². The third-order valence-electron chi connectivity index (χ3n) is 3.43. The quantitative estimate of drug-likeness (QED) is 0.789. The second-order valence-corrected chi connectivity index (χ2v) is 6.80. The van der Waals surface area contributed by atoms with Crippen LogP contribution in [0.4, 0.5) is 5.69 Å². The monoisotopic (exact) mass is 362 g/mol. The highest BCUT2D eigenvalue weighted by molar-refractivity contribution is 8.00. The standard InChI is InChI=1S/C18H19ClN2O2S/c1-11-4-5-12(2)16(8-11)24-10-17(22)21-15-9-13(18(23)20-3)6-7-14(15)19/h4-9H,10H2,1-3H3,(H,20,23)(H,21,22). The molecule has 0 aliphatic rings. The van der Waals surface area contributed by atoms with Crippen molar-refractivity contribution in [3.8, 4) is 0 Å². The molecule has 0 aromatic heterocycles. The zero-order valence-electron chi connectivity index (χ0n) is 13.8. The molecule has 0 radical (unpaired) electrons. The molecule has 0 heterocycles. The largest absolute Gasteiger partial charge is 0.355 e. The van der Waals surface area contributed by atoms with E-state index in [9.17, 15) is 9.59 Å². The van der Waals surface area contributed by atoms with E-state index < -0.39 is 0 Å². The van der Waals surface area contributed by atoms with Crippen LogP contribution in [0.3, 0.4) is 0 Å². The van der Waals surface area contributed by atoms with E-state index in [1.807, 2.05) is 26.0 Å². The minimum atomic E-state index is -0.230. The van der Waals surface area contributed by atoms with Crippen molar-refractivity contribution in [3.05, 3.63) is 58.1 Å². The van der Waals surface area contributed by atoms with Crippen molar-refractivity contribution >= 4 is 40.9 Å². The summed E-state index contributed by atoms with van der Waals surface area (Å²) in [6, 6.07) is 10.9. The molecule has 24 heavy (non-hydrogen) atoms. The smallest absolute Gasteiger partial charge is 0.251 e. The molecule has 2 aromatic carbocycles. The number of amides is 2. The normalized spacial score (nSPS) is 10.3. The van der Waals surface area contributed by atoms with Crippen LogP contribution in [0.25, 0.3) is 0 Å². The zero-order chi connectivity index (χ0) is 17.7. The average Bonchev–Trinajstić information content (AvgIpc) is 2.57. The van der Waals surface area contributed by atoms with E-state index in [0.717, 1.165) is 16.0 Å². The summed E-state index contributed by atoms with van der Waals surface area (Å²) in [6.45, 7) is 4.04. The molecule has 0 spiro atoms. The average molecular weight is 363 g/mol. The maximum Gasteiger partial charge on any atom is 0.251 e. The number of benzene rings is 2. The van der Waals surface area contributed by atoms with Gasteiger partial charge in [-0.25, -0.2) is 0 Å². The molecule has 0 saturated carbocycles. The lowest BCUT2D eigenvalue weighted by Gasteiger charge is -2.10. The van der Waals surface area contributed by atoms with Crippen LogP contribution in [0.5, 0.6) is 0 Å². The summed E-state index contributed by atoms with van der Waals surface area (Å²) in [5.74, 6) is -0.131. The Balaban J connectivity index is 2.04.